The molecule has 0 bridgehead atoms. The van der Waals surface area contributed by atoms with Gasteiger partial charge in [0.2, 0.25) is 0 Å². The van der Waals surface area contributed by atoms with Crippen LogP contribution >= 0.6 is 0 Å². The molecule has 0 spiro atoms. The Morgan fingerprint density at radius 3 is 2.25 bits per heavy atom. The van der Waals surface area contributed by atoms with Gasteiger partial charge in [0.25, 0.3) is 0 Å². The molecule has 0 aromatic heterocycles. The molecule has 5 nitrogen and oxygen atoms in total. The van der Waals surface area contributed by atoms with E-state index in [0.717, 1.165) is 0 Å². The second kappa shape index (κ2) is 6.26. The van der Waals surface area contributed by atoms with Crippen LogP contribution in [0.25, 0.3) is 0 Å². The average molecular weight is 298 g/mol. The van der Waals surface area contributed by atoms with Crippen LogP contribution in [0.2, 0.25) is 19.6 Å². The van der Waals surface area contributed by atoms with Crippen molar-refractivity contribution < 1.29 is 23.8 Å². The van der Waals surface area contributed by atoms with Gasteiger partial charge < -0.3 is 14.2 Å². The van der Waals surface area contributed by atoms with Crippen molar-refractivity contribution in [1.82, 2.24) is 0 Å². The Morgan fingerprint density at radius 2 is 1.80 bits per heavy atom. The quantitative estimate of drug-likeness (QED) is 0.451. The zero-order chi connectivity index (χ0) is 15.4. The van der Waals surface area contributed by atoms with Crippen molar-refractivity contribution in [3.8, 4) is 0 Å². The summed E-state index contributed by atoms with van der Waals surface area (Å²) in [4.78, 5) is 24.0. The van der Waals surface area contributed by atoms with Crippen molar-refractivity contribution >= 4 is 20.0 Å². The summed E-state index contributed by atoms with van der Waals surface area (Å²) in [6.45, 7) is 6.57. The van der Waals surface area contributed by atoms with Crippen LogP contribution < -0.4 is 0 Å². The van der Waals surface area contributed by atoms with Crippen molar-refractivity contribution in [3.63, 3.8) is 0 Å². The maximum Gasteiger partial charge on any atom is 0.327 e. The molecular weight excluding hydrogens is 276 g/mol. The molecule has 0 saturated carbocycles. The number of rotatable bonds is 4. The van der Waals surface area contributed by atoms with E-state index in [1.165, 1.54) is 26.6 Å². The molecule has 0 N–H and O–H groups in total. The Hall–Kier alpha value is -1.56. The van der Waals surface area contributed by atoms with Crippen molar-refractivity contribution in [2.75, 3.05) is 14.2 Å². The first-order chi connectivity index (χ1) is 9.25. The minimum absolute atomic E-state index is 0.184. The molecule has 0 aromatic carbocycles. The Balaban J connectivity index is 3.01. The van der Waals surface area contributed by atoms with Crippen LogP contribution in [0.3, 0.4) is 0 Å². The van der Waals surface area contributed by atoms with Crippen LogP contribution in [0, 0.1) is 5.41 Å². The SMILES string of the molecule is COC(=O)C1(C(=O)OC)C=COC(/C=C/[Si](C)(C)C)C1. The van der Waals surface area contributed by atoms with E-state index < -0.39 is 25.4 Å². The van der Waals surface area contributed by atoms with Gasteiger partial charge in [0.05, 0.1) is 28.6 Å². The van der Waals surface area contributed by atoms with E-state index in [9.17, 15) is 9.59 Å². The third-order valence-corrected chi connectivity index (χ3v) is 4.23. The number of methoxy groups -OCH3 is 2. The largest absolute Gasteiger partial charge is 0.494 e. The normalized spacial score (nSPS) is 21.4. The highest BCUT2D eigenvalue weighted by atomic mass is 28.3. The van der Waals surface area contributed by atoms with Crippen LogP contribution in [0.5, 0.6) is 0 Å². The minimum atomic E-state index is -1.42. The lowest BCUT2D eigenvalue weighted by molar-refractivity contribution is -0.168. The predicted molar refractivity (Wildman–Crippen MR) is 77.6 cm³/mol. The van der Waals surface area contributed by atoms with E-state index in [1.807, 2.05) is 6.08 Å². The third kappa shape index (κ3) is 3.72. The molecule has 20 heavy (non-hydrogen) atoms. The summed E-state index contributed by atoms with van der Waals surface area (Å²) in [6, 6.07) is 0. The first kappa shape index (κ1) is 16.5. The van der Waals surface area contributed by atoms with Gasteiger partial charge in [-0.25, -0.2) is 0 Å². The summed E-state index contributed by atoms with van der Waals surface area (Å²) in [5, 5.41) is 0. The number of esters is 2. The summed E-state index contributed by atoms with van der Waals surface area (Å²) < 4.78 is 15.0. The molecule has 1 unspecified atom stereocenters. The van der Waals surface area contributed by atoms with Crippen molar-refractivity contribution in [2.24, 2.45) is 5.41 Å². The van der Waals surface area contributed by atoms with Crippen LogP contribution in [0.4, 0.5) is 0 Å². The summed E-state index contributed by atoms with van der Waals surface area (Å²) >= 11 is 0. The molecule has 0 fully saturated rings. The van der Waals surface area contributed by atoms with Crippen molar-refractivity contribution in [2.45, 2.75) is 32.2 Å². The Kier molecular flexibility index (Phi) is 5.16. The molecule has 0 aliphatic carbocycles. The van der Waals surface area contributed by atoms with E-state index in [-0.39, 0.29) is 12.5 Å². The molecule has 0 saturated heterocycles. The molecule has 0 amide bonds. The van der Waals surface area contributed by atoms with Gasteiger partial charge in [-0.05, 0) is 6.08 Å². The van der Waals surface area contributed by atoms with E-state index in [2.05, 4.69) is 25.3 Å². The van der Waals surface area contributed by atoms with E-state index in [4.69, 9.17) is 14.2 Å². The number of hydrogen-bond donors (Lipinski definition) is 0. The fourth-order valence-electron chi connectivity index (χ4n) is 1.95. The summed E-state index contributed by atoms with van der Waals surface area (Å²) in [6.07, 6.45) is 4.53. The van der Waals surface area contributed by atoms with Crippen molar-refractivity contribution in [1.29, 1.82) is 0 Å². The van der Waals surface area contributed by atoms with Gasteiger partial charge in [-0.1, -0.05) is 31.4 Å². The molecule has 1 rings (SSSR count). The second-order valence-electron chi connectivity index (χ2n) is 5.86. The van der Waals surface area contributed by atoms with Gasteiger partial charge in [-0.15, -0.1) is 0 Å². The fraction of sp³-hybridized carbons (Fsp3) is 0.571. The van der Waals surface area contributed by atoms with Gasteiger partial charge in [0.15, 0.2) is 5.41 Å². The molecule has 1 aliphatic rings. The standard InChI is InChI=1S/C14H22O5Si/c1-17-12(15)14(13(16)18-2)7-8-19-11(10-14)6-9-20(3,4)5/h6-9,11H,10H2,1-5H3/b9-6+. The topological polar surface area (TPSA) is 61.8 Å². The zero-order valence-corrected chi connectivity index (χ0v) is 13.6. The molecule has 1 atom stereocenters. The zero-order valence-electron chi connectivity index (χ0n) is 12.6. The lowest BCUT2D eigenvalue weighted by Crippen LogP contribution is -2.44. The second-order valence-corrected chi connectivity index (χ2v) is 10.9. The highest BCUT2D eigenvalue weighted by Crippen LogP contribution is 2.34. The van der Waals surface area contributed by atoms with Crippen LogP contribution in [0.15, 0.2) is 24.1 Å². The molecule has 1 heterocycles. The molecule has 1 aliphatic heterocycles. The Bertz CT molecular complexity index is 417. The maximum atomic E-state index is 12.0. The number of ether oxygens (including phenoxy) is 3. The van der Waals surface area contributed by atoms with Crippen molar-refractivity contribution in [3.05, 3.63) is 24.1 Å². The van der Waals surface area contributed by atoms with Gasteiger partial charge in [0, 0.05) is 6.42 Å². The Labute approximate surface area is 120 Å². The highest BCUT2D eigenvalue weighted by molar-refractivity contribution is 6.80. The molecule has 0 aromatic rings. The average Bonchev–Trinajstić information content (AvgIpc) is 2.42. The van der Waals surface area contributed by atoms with Gasteiger partial charge >= 0.3 is 11.9 Å². The minimum Gasteiger partial charge on any atom is -0.494 e. The third-order valence-electron chi connectivity index (χ3n) is 3.04. The van der Waals surface area contributed by atoms with Gasteiger partial charge in [-0.3, -0.25) is 9.59 Å². The van der Waals surface area contributed by atoms with Crippen LogP contribution in [0.1, 0.15) is 6.42 Å². The highest BCUT2D eigenvalue weighted by Gasteiger charge is 2.49. The first-order valence-electron chi connectivity index (χ1n) is 6.44. The first-order valence-corrected chi connectivity index (χ1v) is 10.0. The Morgan fingerprint density at radius 1 is 1.25 bits per heavy atom. The number of hydrogen-bond acceptors (Lipinski definition) is 5. The van der Waals surface area contributed by atoms with E-state index in [0.29, 0.717) is 0 Å². The number of carbonyl (C=O) groups excluding carboxylic acids is 2. The molecule has 112 valence electrons. The maximum absolute atomic E-state index is 12.0. The lowest BCUT2D eigenvalue weighted by atomic mass is 9.81. The van der Waals surface area contributed by atoms with Crippen LogP contribution in [-0.2, 0) is 23.8 Å². The smallest absolute Gasteiger partial charge is 0.327 e. The van der Waals surface area contributed by atoms with Crippen LogP contribution in [-0.4, -0.2) is 40.3 Å². The summed E-state index contributed by atoms with van der Waals surface area (Å²) in [5.74, 6) is -1.26. The predicted octanol–water partition coefficient (Wildman–Crippen LogP) is 2.05. The van der Waals surface area contributed by atoms with Gasteiger partial charge in [-0.2, -0.15) is 0 Å². The van der Waals surface area contributed by atoms with E-state index >= 15 is 0 Å². The summed E-state index contributed by atoms with van der Waals surface area (Å²) in [5.41, 5.74) is 0.701. The van der Waals surface area contributed by atoms with Gasteiger partial charge in [0.1, 0.15) is 6.10 Å². The number of carbonyl (C=O) groups is 2. The fourth-order valence-corrected chi connectivity index (χ4v) is 2.74. The summed E-state index contributed by atoms with van der Waals surface area (Å²) in [7, 11) is 1.13. The molecular formula is C14H22O5Si. The molecule has 6 heteroatoms. The van der Waals surface area contributed by atoms with E-state index in [1.54, 1.807) is 0 Å². The monoisotopic (exact) mass is 298 g/mol. The lowest BCUT2D eigenvalue weighted by Gasteiger charge is -2.31. The molecule has 0 radical (unpaired) electrons.